The lowest BCUT2D eigenvalue weighted by Crippen LogP contribution is -2.24. The van der Waals surface area contributed by atoms with Crippen LogP contribution in [-0.4, -0.2) is 12.6 Å². The Labute approximate surface area is 118 Å². The van der Waals surface area contributed by atoms with E-state index in [1.165, 1.54) is 64.2 Å². The van der Waals surface area contributed by atoms with E-state index in [-0.39, 0.29) is 0 Å². The summed E-state index contributed by atoms with van der Waals surface area (Å²) in [5.74, 6) is 0. The van der Waals surface area contributed by atoms with Gasteiger partial charge in [0, 0.05) is 0 Å². The lowest BCUT2D eigenvalue weighted by Gasteiger charge is -2.21. The summed E-state index contributed by atoms with van der Waals surface area (Å²) in [7, 11) is 0. The van der Waals surface area contributed by atoms with E-state index in [1.807, 2.05) is 0 Å². The fraction of sp³-hybridized carbons (Fsp3) is 0.882. The standard InChI is InChI=1S/C17H30O2/c18-15-17(16-19)13-11-9-7-5-3-1-2-4-6-8-10-12-14-17/h15-16H,1-14H2. The van der Waals surface area contributed by atoms with Gasteiger partial charge in [0.15, 0.2) is 0 Å². The molecule has 0 N–H and O–H groups in total. The number of rotatable bonds is 2. The van der Waals surface area contributed by atoms with Gasteiger partial charge >= 0.3 is 0 Å². The zero-order chi connectivity index (χ0) is 13.8. The monoisotopic (exact) mass is 266 g/mol. The number of carbonyl (C=O) groups excluding carboxylic acids is 2. The smallest absolute Gasteiger partial charge is 0.133 e. The van der Waals surface area contributed by atoms with E-state index in [9.17, 15) is 9.59 Å². The quantitative estimate of drug-likeness (QED) is 0.529. The van der Waals surface area contributed by atoms with Gasteiger partial charge in [-0.15, -0.1) is 0 Å². The van der Waals surface area contributed by atoms with Crippen molar-refractivity contribution >= 4 is 12.6 Å². The summed E-state index contributed by atoms with van der Waals surface area (Å²) in [5, 5.41) is 0. The molecule has 0 unspecified atom stereocenters. The van der Waals surface area contributed by atoms with E-state index >= 15 is 0 Å². The Balaban J connectivity index is 2.42. The van der Waals surface area contributed by atoms with Crippen molar-refractivity contribution < 1.29 is 9.59 Å². The van der Waals surface area contributed by atoms with Crippen molar-refractivity contribution in [2.75, 3.05) is 0 Å². The summed E-state index contributed by atoms with van der Waals surface area (Å²) in [6.07, 6.45) is 18.4. The van der Waals surface area contributed by atoms with Crippen LogP contribution in [0.1, 0.15) is 89.9 Å². The minimum Gasteiger partial charge on any atom is -0.302 e. The highest BCUT2D eigenvalue weighted by molar-refractivity contribution is 5.83. The maximum Gasteiger partial charge on any atom is 0.133 e. The van der Waals surface area contributed by atoms with Crippen LogP contribution in [0.3, 0.4) is 0 Å². The Bertz CT molecular complexity index is 222. The van der Waals surface area contributed by atoms with Crippen molar-refractivity contribution in [3.63, 3.8) is 0 Å². The average molecular weight is 266 g/mol. The zero-order valence-corrected chi connectivity index (χ0v) is 12.4. The molecule has 0 saturated heterocycles. The highest BCUT2D eigenvalue weighted by Crippen LogP contribution is 2.28. The van der Waals surface area contributed by atoms with Gasteiger partial charge in [-0.3, -0.25) is 0 Å². The first kappa shape index (κ1) is 16.4. The third-order valence-electron chi connectivity index (χ3n) is 4.50. The minimum absolute atomic E-state index is 0.666. The van der Waals surface area contributed by atoms with Gasteiger partial charge in [0.25, 0.3) is 0 Å². The van der Waals surface area contributed by atoms with Crippen molar-refractivity contribution in [1.82, 2.24) is 0 Å². The van der Waals surface area contributed by atoms with Crippen molar-refractivity contribution in [2.24, 2.45) is 5.41 Å². The first-order chi connectivity index (χ1) is 9.33. The van der Waals surface area contributed by atoms with Gasteiger partial charge in [-0.2, -0.15) is 0 Å². The molecule has 2 heteroatoms. The van der Waals surface area contributed by atoms with E-state index < -0.39 is 5.41 Å². The Hall–Kier alpha value is -0.660. The van der Waals surface area contributed by atoms with E-state index in [2.05, 4.69) is 0 Å². The third kappa shape index (κ3) is 6.89. The fourth-order valence-electron chi connectivity index (χ4n) is 3.06. The van der Waals surface area contributed by atoms with Crippen LogP contribution < -0.4 is 0 Å². The van der Waals surface area contributed by atoms with E-state index in [4.69, 9.17) is 0 Å². The maximum absolute atomic E-state index is 11.3. The highest BCUT2D eigenvalue weighted by atomic mass is 16.1. The largest absolute Gasteiger partial charge is 0.302 e. The molecule has 0 spiro atoms. The van der Waals surface area contributed by atoms with Crippen LogP contribution in [-0.2, 0) is 9.59 Å². The molecule has 1 fully saturated rings. The lowest BCUT2D eigenvalue weighted by molar-refractivity contribution is -0.127. The molecule has 19 heavy (non-hydrogen) atoms. The molecular formula is C17H30O2. The van der Waals surface area contributed by atoms with Gasteiger partial charge < -0.3 is 9.59 Å². The van der Waals surface area contributed by atoms with Gasteiger partial charge in [0.1, 0.15) is 12.6 Å². The summed E-state index contributed by atoms with van der Waals surface area (Å²) in [4.78, 5) is 22.6. The van der Waals surface area contributed by atoms with Crippen LogP contribution in [0.5, 0.6) is 0 Å². The molecule has 0 aromatic heterocycles. The van der Waals surface area contributed by atoms with Crippen molar-refractivity contribution in [1.29, 1.82) is 0 Å². The van der Waals surface area contributed by atoms with Gasteiger partial charge in [-0.1, -0.05) is 77.0 Å². The van der Waals surface area contributed by atoms with E-state index in [0.717, 1.165) is 38.3 Å². The molecule has 0 radical (unpaired) electrons. The molecule has 0 atom stereocenters. The van der Waals surface area contributed by atoms with Crippen molar-refractivity contribution in [2.45, 2.75) is 89.9 Å². The summed E-state index contributed by atoms with van der Waals surface area (Å²) < 4.78 is 0. The van der Waals surface area contributed by atoms with Gasteiger partial charge in [-0.25, -0.2) is 0 Å². The molecule has 1 aliphatic carbocycles. The van der Waals surface area contributed by atoms with Crippen molar-refractivity contribution in [3.05, 3.63) is 0 Å². The Morgan fingerprint density at radius 3 is 1.00 bits per heavy atom. The SMILES string of the molecule is O=CC1(C=O)CCCCCCCCCCCCCC1. The van der Waals surface area contributed by atoms with Gasteiger partial charge in [0.2, 0.25) is 0 Å². The van der Waals surface area contributed by atoms with Crippen LogP contribution in [0.25, 0.3) is 0 Å². The summed E-state index contributed by atoms with van der Waals surface area (Å²) >= 11 is 0. The average Bonchev–Trinajstić information content (AvgIpc) is 2.46. The molecular weight excluding hydrogens is 236 g/mol. The molecule has 110 valence electrons. The third-order valence-corrected chi connectivity index (χ3v) is 4.50. The molecule has 0 aromatic carbocycles. The van der Waals surface area contributed by atoms with Crippen LogP contribution in [0.15, 0.2) is 0 Å². The first-order valence-electron chi connectivity index (χ1n) is 8.26. The molecule has 0 amide bonds. The van der Waals surface area contributed by atoms with Gasteiger partial charge in [-0.05, 0) is 12.8 Å². The van der Waals surface area contributed by atoms with Crippen molar-refractivity contribution in [3.8, 4) is 0 Å². The zero-order valence-electron chi connectivity index (χ0n) is 12.4. The second-order valence-electron chi connectivity index (χ2n) is 6.21. The number of hydrogen-bond acceptors (Lipinski definition) is 2. The fourth-order valence-corrected chi connectivity index (χ4v) is 3.06. The molecule has 1 aliphatic rings. The van der Waals surface area contributed by atoms with Crippen LogP contribution in [0.2, 0.25) is 0 Å². The highest BCUT2D eigenvalue weighted by Gasteiger charge is 2.27. The normalized spacial score (nSPS) is 23.8. The molecule has 0 aliphatic heterocycles. The number of carbonyl (C=O) groups is 2. The lowest BCUT2D eigenvalue weighted by atomic mass is 9.80. The Morgan fingerprint density at radius 2 is 0.737 bits per heavy atom. The number of aldehydes is 2. The predicted molar refractivity (Wildman–Crippen MR) is 79.2 cm³/mol. The molecule has 1 saturated carbocycles. The van der Waals surface area contributed by atoms with Crippen LogP contribution >= 0.6 is 0 Å². The minimum atomic E-state index is -0.666. The number of hydrogen-bond donors (Lipinski definition) is 0. The summed E-state index contributed by atoms with van der Waals surface area (Å²) in [6, 6.07) is 0. The molecule has 0 bridgehead atoms. The topological polar surface area (TPSA) is 34.1 Å². The Morgan fingerprint density at radius 1 is 0.474 bits per heavy atom. The molecule has 0 heterocycles. The summed E-state index contributed by atoms with van der Waals surface area (Å²) in [5.41, 5.74) is -0.666. The van der Waals surface area contributed by atoms with Crippen LogP contribution in [0, 0.1) is 5.41 Å². The van der Waals surface area contributed by atoms with Gasteiger partial charge in [0.05, 0.1) is 5.41 Å². The van der Waals surface area contributed by atoms with E-state index in [1.54, 1.807) is 0 Å². The Kier molecular flexibility index (Phi) is 8.77. The second-order valence-corrected chi connectivity index (χ2v) is 6.21. The maximum atomic E-state index is 11.3. The second kappa shape index (κ2) is 10.2. The first-order valence-corrected chi connectivity index (χ1v) is 8.26. The predicted octanol–water partition coefficient (Wildman–Crippen LogP) is 4.85. The molecule has 0 aromatic rings. The van der Waals surface area contributed by atoms with E-state index in [0.29, 0.717) is 0 Å². The molecule has 1 rings (SSSR count). The van der Waals surface area contributed by atoms with Crippen LogP contribution in [0.4, 0.5) is 0 Å². The summed E-state index contributed by atoms with van der Waals surface area (Å²) in [6.45, 7) is 0. The molecule has 2 nitrogen and oxygen atoms in total.